The molecule has 0 aliphatic heterocycles. The van der Waals surface area contributed by atoms with Crippen molar-refractivity contribution >= 4 is 43.9 Å². The normalized spacial score (nSPS) is 11.6. The molecule has 2 heterocycles. The van der Waals surface area contributed by atoms with Crippen LogP contribution in [0.1, 0.15) is 0 Å². The van der Waals surface area contributed by atoms with Gasteiger partial charge in [0.05, 0.1) is 21.5 Å². The van der Waals surface area contributed by atoms with Gasteiger partial charge in [0, 0.05) is 35.4 Å². The SMILES string of the molecule is c1ccc2c(-c3c4ccccc4[o+]c4ccccc34)c3ccccc3[o+]c2c1. The lowest BCUT2D eigenvalue weighted by atomic mass is 9.92. The van der Waals surface area contributed by atoms with Gasteiger partial charge in [-0.2, -0.15) is 0 Å². The minimum atomic E-state index is 0.880. The molecule has 2 nitrogen and oxygen atoms in total. The van der Waals surface area contributed by atoms with Gasteiger partial charge in [-0.1, -0.05) is 48.5 Å². The fourth-order valence-corrected chi connectivity index (χ4v) is 4.11. The average molecular weight is 360 g/mol. The predicted molar refractivity (Wildman–Crippen MR) is 115 cm³/mol. The van der Waals surface area contributed by atoms with E-state index in [2.05, 4.69) is 48.5 Å². The van der Waals surface area contributed by atoms with E-state index in [1.54, 1.807) is 0 Å². The van der Waals surface area contributed by atoms with Gasteiger partial charge in [0.1, 0.15) is 0 Å². The Kier molecular flexibility index (Phi) is 3.20. The molecule has 0 spiro atoms. The lowest BCUT2D eigenvalue weighted by molar-refractivity contribution is 0.659. The van der Waals surface area contributed by atoms with Crippen LogP contribution in [0.5, 0.6) is 0 Å². The summed E-state index contributed by atoms with van der Waals surface area (Å²) in [6.07, 6.45) is 0. The monoisotopic (exact) mass is 360 g/mol. The molecule has 0 bridgehead atoms. The minimum Gasteiger partial charge on any atom is -0.207 e. The van der Waals surface area contributed by atoms with E-state index in [-0.39, 0.29) is 0 Å². The quantitative estimate of drug-likeness (QED) is 0.221. The average Bonchev–Trinajstić information content (AvgIpc) is 2.76. The smallest absolute Gasteiger partial charge is 0.207 e. The Morgan fingerprint density at radius 3 is 0.857 bits per heavy atom. The molecule has 0 fully saturated rings. The number of fused-ring (bicyclic) bond motifs is 4. The molecule has 130 valence electrons. The minimum absolute atomic E-state index is 0.880. The van der Waals surface area contributed by atoms with Gasteiger partial charge in [-0.25, -0.2) is 8.83 Å². The summed E-state index contributed by atoms with van der Waals surface area (Å²) in [5, 5.41) is 4.40. The van der Waals surface area contributed by atoms with Gasteiger partial charge in [0.25, 0.3) is 0 Å². The first-order valence-electron chi connectivity index (χ1n) is 9.38. The van der Waals surface area contributed by atoms with E-state index in [0.29, 0.717) is 0 Å². The summed E-state index contributed by atoms with van der Waals surface area (Å²) in [6.45, 7) is 0. The second-order valence-electron chi connectivity index (χ2n) is 6.94. The van der Waals surface area contributed by atoms with Crippen LogP contribution in [0.15, 0.2) is 106 Å². The van der Waals surface area contributed by atoms with E-state index in [9.17, 15) is 0 Å². The van der Waals surface area contributed by atoms with E-state index < -0.39 is 0 Å². The number of rotatable bonds is 1. The van der Waals surface area contributed by atoms with E-state index in [4.69, 9.17) is 8.83 Å². The van der Waals surface area contributed by atoms with Gasteiger partial charge in [-0.3, -0.25) is 0 Å². The summed E-state index contributed by atoms with van der Waals surface area (Å²) in [7, 11) is 0. The predicted octanol–water partition coefficient (Wildman–Crippen LogP) is 7.71. The molecule has 6 aromatic rings. The Bertz CT molecular complexity index is 1290. The third-order valence-corrected chi connectivity index (χ3v) is 5.32. The van der Waals surface area contributed by atoms with Crippen LogP contribution in [0.2, 0.25) is 0 Å². The second-order valence-corrected chi connectivity index (χ2v) is 6.94. The topological polar surface area (TPSA) is 22.6 Å². The maximum Gasteiger partial charge on any atom is 0.361 e. The lowest BCUT2D eigenvalue weighted by Crippen LogP contribution is -1.89. The maximum atomic E-state index is 6.21. The summed E-state index contributed by atoms with van der Waals surface area (Å²) < 4.78 is 12.4. The molecule has 28 heavy (non-hydrogen) atoms. The Labute approximate surface area is 161 Å². The fraction of sp³-hybridized carbons (Fsp3) is 0. The molecule has 0 aliphatic carbocycles. The molecule has 0 saturated carbocycles. The zero-order valence-corrected chi connectivity index (χ0v) is 15.1. The Morgan fingerprint density at radius 1 is 0.321 bits per heavy atom. The van der Waals surface area contributed by atoms with Crippen molar-refractivity contribution in [1.82, 2.24) is 0 Å². The number of hydrogen-bond acceptors (Lipinski definition) is 0. The fourth-order valence-electron chi connectivity index (χ4n) is 4.11. The molecular weight excluding hydrogens is 344 g/mol. The molecule has 0 aliphatic rings. The van der Waals surface area contributed by atoms with Crippen molar-refractivity contribution in [2.24, 2.45) is 0 Å². The molecule has 6 rings (SSSR count). The molecule has 2 heteroatoms. The molecule has 2 aromatic heterocycles. The zero-order chi connectivity index (χ0) is 18.5. The molecule has 0 radical (unpaired) electrons. The number of hydrogen-bond donors (Lipinski definition) is 0. The third kappa shape index (κ3) is 2.15. The van der Waals surface area contributed by atoms with Crippen LogP contribution in [0.3, 0.4) is 0 Å². The summed E-state index contributed by atoms with van der Waals surface area (Å²) in [5.41, 5.74) is 5.88. The number of benzene rings is 4. The van der Waals surface area contributed by atoms with Gasteiger partial charge in [-0.15, -0.1) is 0 Å². The number of para-hydroxylation sites is 4. The molecule has 0 amide bonds. The van der Waals surface area contributed by atoms with Gasteiger partial charge in [0.2, 0.25) is 0 Å². The second kappa shape index (κ2) is 5.86. The van der Waals surface area contributed by atoms with Crippen molar-refractivity contribution in [3.63, 3.8) is 0 Å². The molecule has 0 saturated heterocycles. The zero-order valence-electron chi connectivity index (χ0n) is 15.1. The standard InChI is InChI=1S/C26H16O2/c1-5-13-21-17(9-1)25(18-10-2-6-14-22(18)27-21)26-19-11-3-7-15-23(19)28-24-16-8-4-12-20(24)26/h1-16H/q+2. The van der Waals surface area contributed by atoms with Crippen molar-refractivity contribution in [2.45, 2.75) is 0 Å². The van der Waals surface area contributed by atoms with Crippen molar-refractivity contribution in [3.8, 4) is 11.1 Å². The van der Waals surface area contributed by atoms with Crippen LogP contribution in [0.25, 0.3) is 55.0 Å². The van der Waals surface area contributed by atoms with Crippen molar-refractivity contribution in [3.05, 3.63) is 97.1 Å². The third-order valence-electron chi connectivity index (χ3n) is 5.32. The van der Waals surface area contributed by atoms with E-state index in [0.717, 1.165) is 43.9 Å². The summed E-state index contributed by atoms with van der Waals surface area (Å²) in [5.74, 6) is 0. The van der Waals surface area contributed by atoms with Crippen LogP contribution < -0.4 is 0 Å². The highest BCUT2D eigenvalue weighted by Crippen LogP contribution is 2.43. The first kappa shape index (κ1) is 15.3. The van der Waals surface area contributed by atoms with E-state index in [1.807, 2.05) is 48.5 Å². The van der Waals surface area contributed by atoms with Crippen molar-refractivity contribution < 1.29 is 8.83 Å². The van der Waals surface area contributed by atoms with Crippen LogP contribution >= 0.6 is 0 Å². The lowest BCUT2D eigenvalue weighted by Gasteiger charge is -2.08. The van der Waals surface area contributed by atoms with E-state index >= 15 is 0 Å². The van der Waals surface area contributed by atoms with Crippen molar-refractivity contribution in [2.75, 3.05) is 0 Å². The van der Waals surface area contributed by atoms with Gasteiger partial charge in [-0.05, 0) is 24.3 Å². The summed E-state index contributed by atoms with van der Waals surface area (Å²) >= 11 is 0. The van der Waals surface area contributed by atoms with Gasteiger partial charge >= 0.3 is 22.3 Å². The van der Waals surface area contributed by atoms with E-state index in [1.165, 1.54) is 11.1 Å². The van der Waals surface area contributed by atoms with Gasteiger partial charge in [0.15, 0.2) is 0 Å². The summed E-state index contributed by atoms with van der Waals surface area (Å²) in [6, 6.07) is 33.0. The first-order chi connectivity index (χ1) is 13.9. The molecule has 4 aromatic carbocycles. The molecule has 0 unspecified atom stereocenters. The largest absolute Gasteiger partial charge is 0.361 e. The summed E-state index contributed by atoms with van der Waals surface area (Å²) in [4.78, 5) is 0. The van der Waals surface area contributed by atoms with Crippen LogP contribution in [-0.4, -0.2) is 0 Å². The van der Waals surface area contributed by atoms with Crippen LogP contribution in [-0.2, 0) is 0 Å². The van der Waals surface area contributed by atoms with Crippen molar-refractivity contribution in [1.29, 1.82) is 0 Å². The Morgan fingerprint density at radius 2 is 0.571 bits per heavy atom. The van der Waals surface area contributed by atoms with Crippen LogP contribution in [0.4, 0.5) is 0 Å². The van der Waals surface area contributed by atoms with Gasteiger partial charge < -0.3 is 0 Å². The highest BCUT2D eigenvalue weighted by Gasteiger charge is 2.26. The Hall–Kier alpha value is -3.78. The molecule has 0 atom stereocenters. The maximum absolute atomic E-state index is 6.21. The Balaban J connectivity index is 1.95. The molecular formula is C26H16O2+2. The van der Waals surface area contributed by atoms with Crippen LogP contribution in [0, 0.1) is 0 Å². The highest BCUT2D eigenvalue weighted by molar-refractivity contribution is 6.19. The highest BCUT2D eigenvalue weighted by atomic mass is 16.3. The first-order valence-corrected chi connectivity index (χ1v) is 9.38. The molecule has 0 N–H and O–H groups in total.